The first-order chi connectivity index (χ1) is 9.55. The Morgan fingerprint density at radius 3 is 2.50 bits per heavy atom. The fraction of sp³-hybridized carbons (Fsp3) is 0.556. The molecule has 1 atom stereocenters. The number of rotatable bonds is 0. The van der Waals surface area contributed by atoms with E-state index < -0.39 is 0 Å². The van der Waals surface area contributed by atoms with E-state index in [0.29, 0.717) is 6.04 Å². The molecule has 2 aliphatic heterocycles. The summed E-state index contributed by atoms with van der Waals surface area (Å²) in [6.45, 7) is 10.5. The van der Waals surface area contributed by atoms with Gasteiger partial charge in [0.15, 0.2) is 0 Å². The van der Waals surface area contributed by atoms with Crippen LogP contribution in [0.3, 0.4) is 0 Å². The van der Waals surface area contributed by atoms with Crippen molar-refractivity contribution in [1.29, 1.82) is 0 Å². The zero-order valence-corrected chi connectivity index (χ0v) is 12.8. The predicted molar refractivity (Wildman–Crippen MR) is 83.4 cm³/mol. The van der Waals surface area contributed by atoms with Gasteiger partial charge in [-0.25, -0.2) is 0 Å². The van der Waals surface area contributed by atoms with Crippen molar-refractivity contribution in [3.63, 3.8) is 0 Å². The van der Waals surface area contributed by atoms with Crippen LogP contribution in [0.15, 0.2) is 29.8 Å². The molecule has 2 fully saturated rings. The standard InChI is InChI=1S/C18H24N2/c1-18(2,3)19-10-11-20-16(12-19)14-6-4-5-7-15(14)17(20)13-8-9-13/h4-7,16H,8-12H2,1-3H3. The second kappa shape index (κ2) is 4.11. The fourth-order valence-corrected chi connectivity index (χ4v) is 3.78. The Morgan fingerprint density at radius 1 is 1.05 bits per heavy atom. The second-order valence-electron chi connectivity index (χ2n) is 7.37. The molecule has 4 rings (SSSR count). The van der Waals surface area contributed by atoms with E-state index in [1.54, 1.807) is 16.8 Å². The van der Waals surface area contributed by atoms with E-state index >= 15 is 0 Å². The highest BCUT2D eigenvalue weighted by Gasteiger charge is 2.42. The first kappa shape index (κ1) is 12.5. The molecule has 20 heavy (non-hydrogen) atoms. The highest BCUT2D eigenvalue weighted by molar-refractivity contribution is 5.77. The molecule has 1 aromatic rings. The summed E-state index contributed by atoms with van der Waals surface area (Å²) >= 11 is 0. The number of nitrogens with zero attached hydrogens (tertiary/aromatic N) is 2. The molecule has 1 unspecified atom stereocenters. The van der Waals surface area contributed by atoms with Gasteiger partial charge in [0.25, 0.3) is 0 Å². The zero-order chi connectivity index (χ0) is 13.9. The van der Waals surface area contributed by atoms with Crippen LogP contribution in [-0.2, 0) is 0 Å². The van der Waals surface area contributed by atoms with Gasteiger partial charge in [-0.1, -0.05) is 24.3 Å². The minimum absolute atomic E-state index is 0.274. The lowest BCUT2D eigenvalue weighted by Crippen LogP contribution is -2.52. The molecular formula is C18H24N2. The molecule has 3 aliphatic rings. The summed E-state index contributed by atoms with van der Waals surface area (Å²) in [6, 6.07) is 9.64. The van der Waals surface area contributed by atoms with Gasteiger partial charge in [0.05, 0.1) is 6.04 Å². The van der Waals surface area contributed by atoms with Gasteiger partial charge in [0, 0.05) is 36.4 Å². The first-order valence-electron chi connectivity index (χ1n) is 7.89. The number of fused-ring (bicyclic) bond motifs is 3. The topological polar surface area (TPSA) is 6.48 Å². The predicted octanol–water partition coefficient (Wildman–Crippen LogP) is 3.66. The van der Waals surface area contributed by atoms with Crippen molar-refractivity contribution in [1.82, 2.24) is 9.80 Å². The molecule has 0 spiro atoms. The normalized spacial score (nSPS) is 25.8. The summed E-state index contributed by atoms with van der Waals surface area (Å²) in [5.74, 6) is 0. The Balaban J connectivity index is 1.75. The largest absolute Gasteiger partial charge is 0.361 e. The Kier molecular flexibility index (Phi) is 2.56. The maximum atomic E-state index is 2.69. The molecule has 2 heterocycles. The van der Waals surface area contributed by atoms with Gasteiger partial charge in [-0.05, 0) is 44.7 Å². The van der Waals surface area contributed by atoms with Gasteiger partial charge < -0.3 is 4.90 Å². The van der Waals surface area contributed by atoms with Crippen LogP contribution in [-0.4, -0.2) is 35.0 Å². The molecular weight excluding hydrogens is 244 g/mol. The van der Waals surface area contributed by atoms with Gasteiger partial charge in [-0.3, -0.25) is 4.90 Å². The van der Waals surface area contributed by atoms with Crippen LogP contribution in [0, 0.1) is 0 Å². The quantitative estimate of drug-likeness (QED) is 0.708. The van der Waals surface area contributed by atoms with Gasteiger partial charge in [0.2, 0.25) is 0 Å². The SMILES string of the molecule is CC(C)(C)N1CCN2C(=C3CC3)c3ccccc3C2C1. The number of allylic oxidation sites excluding steroid dienone is 1. The van der Waals surface area contributed by atoms with Gasteiger partial charge in [0.1, 0.15) is 0 Å². The Hall–Kier alpha value is -1.28. The Labute approximate surface area is 122 Å². The molecule has 0 N–H and O–H groups in total. The van der Waals surface area contributed by atoms with E-state index in [4.69, 9.17) is 0 Å². The van der Waals surface area contributed by atoms with Crippen molar-refractivity contribution in [2.75, 3.05) is 19.6 Å². The van der Waals surface area contributed by atoms with Crippen molar-refractivity contribution in [2.45, 2.75) is 45.2 Å². The first-order valence-corrected chi connectivity index (χ1v) is 7.89. The number of piperazine rings is 1. The molecule has 0 amide bonds. The van der Waals surface area contributed by atoms with Gasteiger partial charge >= 0.3 is 0 Å². The maximum absolute atomic E-state index is 2.69. The summed E-state index contributed by atoms with van der Waals surface area (Å²) in [6.07, 6.45) is 2.63. The lowest BCUT2D eigenvalue weighted by Gasteiger charge is -2.45. The summed E-state index contributed by atoms with van der Waals surface area (Å²) < 4.78 is 0. The smallest absolute Gasteiger partial charge is 0.0677 e. The second-order valence-corrected chi connectivity index (χ2v) is 7.37. The van der Waals surface area contributed by atoms with E-state index in [9.17, 15) is 0 Å². The van der Waals surface area contributed by atoms with Gasteiger partial charge in [-0.15, -0.1) is 0 Å². The third kappa shape index (κ3) is 1.81. The van der Waals surface area contributed by atoms with Crippen LogP contribution in [0.2, 0.25) is 0 Å². The zero-order valence-electron chi connectivity index (χ0n) is 12.8. The summed E-state index contributed by atoms with van der Waals surface area (Å²) in [5, 5.41) is 0. The summed E-state index contributed by atoms with van der Waals surface area (Å²) in [7, 11) is 0. The molecule has 106 valence electrons. The average Bonchev–Trinajstić information content (AvgIpc) is 3.19. The summed E-state index contributed by atoms with van der Waals surface area (Å²) in [5.41, 5.74) is 6.61. The molecule has 0 aromatic heterocycles. The average molecular weight is 268 g/mol. The van der Waals surface area contributed by atoms with Crippen molar-refractivity contribution in [3.05, 3.63) is 41.0 Å². The van der Waals surface area contributed by atoms with E-state index in [1.807, 2.05) is 0 Å². The van der Waals surface area contributed by atoms with Crippen molar-refractivity contribution < 1.29 is 0 Å². The van der Waals surface area contributed by atoms with Crippen LogP contribution in [0.5, 0.6) is 0 Å². The van der Waals surface area contributed by atoms with Crippen molar-refractivity contribution in [3.8, 4) is 0 Å². The molecule has 0 bridgehead atoms. The number of benzene rings is 1. The third-order valence-electron chi connectivity index (χ3n) is 5.03. The lowest BCUT2D eigenvalue weighted by molar-refractivity contribution is 0.0538. The number of hydrogen-bond donors (Lipinski definition) is 0. The fourth-order valence-electron chi connectivity index (χ4n) is 3.78. The monoisotopic (exact) mass is 268 g/mol. The van der Waals surface area contributed by atoms with E-state index in [1.165, 1.54) is 31.5 Å². The molecule has 0 radical (unpaired) electrons. The Morgan fingerprint density at radius 2 is 1.80 bits per heavy atom. The van der Waals surface area contributed by atoms with E-state index in [2.05, 4.69) is 54.8 Å². The van der Waals surface area contributed by atoms with Crippen molar-refractivity contribution in [2.24, 2.45) is 0 Å². The Bertz CT molecular complexity index is 573. The highest BCUT2D eigenvalue weighted by atomic mass is 15.3. The van der Waals surface area contributed by atoms with Crippen molar-refractivity contribution >= 4 is 5.70 Å². The van der Waals surface area contributed by atoms with Crippen LogP contribution >= 0.6 is 0 Å². The van der Waals surface area contributed by atoms with Crippen LogP contribution < -0.4 is 0 Å². The highest BCUT2D eigenvalue weighted by Crippen LogP contribution is 2.49. The molecule has 2 heteroatoms. The minimum atomic E-state index is 0.274. The minimum Gasteiger partial charge on any atom is -0.361 e. The van der Waals surface area contributed by atoms with Gasteiger partial charge in [-0.2, -0.15) is 0 Å². The molecule has 1 saturated heterocycles. The van der Waals surface area contributed by atoms with E-state index in [0.717, 1.165) is 6.54 Å². The molecule has 1 aromatic carbocycles. The third-order valence-corrected chi connectivity index (χ3v) is 5.03. The molecule has 2 nitrogen and oxygen atoms in total. The van der Waals surface area contributed by atoms with Crippen LogP contribution in [0.1, 0.15) is 50.8 Å². The maximum Gasteiger partial charge on any atom is 0.0677 e. The van der Waals surface area contributed by atoms with Crippen LogP contribution in [0.25, 0.3) is 5.70 Å². The molecule has 1 saturated carbocycles. The lowest BCUT2D eigenvalue weighted by atomic mass is 9.99. The number of hydrogen-bond acceptors (Lipinski definition) is 2. The molecule has 1 aliphatic carbocycles. The van der Waals surface area contributed by atoms with Crippen LogP contribution in [0.4, 0.5) is 0 Å². The van der Waals surface area contributed by atoms with E-state index in [-0.39, 0.29) is 5.54 Å². The summed E-state index contributed by atoms with van der Waals surface area (Å²) in [4.78, 5) is 5.33.